The van der Waals surface area contributed by atoms with Gasteiger partial charge in [-0.2, -0.15) is 0 Å². The van der Waals surface area contributed by atoms with Gasteiger partial charge >= 0.3 is 11.9 Å². The highest BCUT2D eigenvalue weighted by Crippen LogP contribution is 2.54. The number of hydrogen-bond donors (Lipinski definition) is 1. The van der Waals surface area contributed by atoms with Crippen LogP contribution in [-0.2, 0) is 19.1 Å². The minimum atomic E-state index is -2.27. The molecule has 4 atom stereocenters. The van der Waals surface area contributed by atoms with Gasteiger partial charge in [0.1, 0.15) is 0 Å². The van der Waals surface area contributed by atoms with E-state index in [0.717, 1.165) is 14.2 Å². The fraction of sp³-hybridized carbons (Fsp3) is 0.364. The highest BCUT2D eigenvalue weighted by molar-refractivity contribution is 6.02. The van der Waals surface area contributed by atoms with E-state index in [2.05, 4.69) is 0 Å². The van der Waals surface area contributed by atoms with Crippen molar-refractivity contribution in [1.82, 2.24) is 0 Å². The zero-order chi connectivity index (χ0) is 21.9. The Labute approximate surface area is 173 Å². The maximum absolute atomic E-state index is 13.0. The molecule has 0 heterocycles. The lowest BCUT2D eigenvalue weighted by Gasteiger charge is -2.46. The number of carbonyl (C=O) groups excluding carboxylic acids is 2. The molecule has 30 heavy (non-hydrogen) atoms. The van der Waals surface area contributed by atoms with Crippen LogP contribution in [0.15, 0.2) is 60.7 Å². The first-order valence-electron chi connectivity index (χ1n) is 9.47. The van der Waals surface area contributed by atoms with Crippen molar-refractivity contribution in [2.24, 2.45) is 5.41 Å². The molecule has 0 aromatic heterocycles. The van der Waals surface area contributed by atoms with Gasteiger partial charge in [0.25, 0.3) is 0 Å². The van der Waals surface area contributed by atoms with Crippen LogP contribution in [0.2, 0.25) is 0 Å². The summed E-state index contributed by atoms with van der Waals surface area (Å²) in [4.78, 5) is 37.9. The number of esters is 2. The van der Waals surface area contributed by atoms with Gasteiger partial charge in [-0.1, -0.05) is 60.7 Å². The molecule has 0 unspecified atom stereocenters. The highest BCUT2D eigenvalue weighted by atomic mass is 16.6. The van der Waals surface area contributed by atoms with E-state index in [9.17, 15) is 24.8 Å². The van der Waals surface area contributed by atoms with Gasteiger partial charge < -0.3 is 14.6 Å². The minimum absolute atomic E-state index is 0.177. The van der Waals surface area contributed by atoms with Crippen LogP contribution in [-0.4, -0.2) is 48.3 Å². The Kier molecular flexibility index (Phi) is 6.17. The second-order valence-corrected chi connectivity index (χ2v) is 7.29. The Hall–Kier alpha value is -3.26. The summed E-state index contributed by atoms with van der Waals surface area (Å²) in [5.74, 6) is -4.16. The first-order valence-corrected chi connectivity index (χ1v) is 9.47. The maximum Gasteiger partial charge on any atom is 0.326 e. The highest BCUT2D eigenvalue weighted by Gasteiger charge is 2.69. The van der Waals surface area contributed by atoms with Gasteiger partial charge in [-0.3, -0.25) is 19.7 Å². The van der Waals surface area contributed by atoms with Crippen LogP contribution < -0.4 is 0 Å². The van der Waals surface area contributed by atoms with Gasteiger partial charge in [0.15, 0.2) is 0 Å². The molecule has 0 amide bonds. The fourth-order valence-corrected chi connectivity index (χ4v) is 4.64. The van der Waals surface area contributed by atoms with Crippen molar-refractivity contribution >= 4 is 11.9 Å². The molecule has 0 saturated heterocycles. The van der Waals surface area contributed by atoms with Crippen LogP contribution in [0, 0.1) is 15.5 Å². The molecule has 8 nitrogen and oxygen atoms in total. The zero-order valence-electron chi connectivity index (χ0n) is 16.6. The second kappa shape index (κ2) is 8.62. The summed E-state index contributed by atoms with van der Waals surface area (Å²) in [6, 6.07) is 15.6. The summed E-state index contributed by atoms with van der Waals surface area (Å²) in [5, 5.41) is 23.5. The lowest BCUT2D eigenvalue weighted by atomic mass is 9.56. The first-order chi connectivity index (χ1) is 14.4. The predicted molar refractivity (Wildman–Crippen MR) is 106 cm³/mol. The van der Waals surface area contributed by atoms with Crippen molar-refractivity contribution in [3.63, 3.8) is 0 Å². The minimum Gasteiger partial charge on any atom is -0.468 e. The number of aliphatic hydroxyl groups excluding tert-OH is 1. The molecule has 2 aromatic carbocycles. The Morgan fingerprint density at radius 3 is 1.87 bits per heavy atom. The largest absolute Gasteiger partial charge is 0.468 e. The average Bonchev–Trinajstić information content (AvgIpc) is 2.78. The van der Waals surface area contributed by atoms with Crippen LogP contribution in [0.4, 0.5) is 0 Å². The van der Waals surface area contributed by atoms with Gasteiger partial charge in [-0.05, 0) is 17.5 Å². The Morgan fingerprint density at radius 2 is 1.43 bits per heavy atom. The number of rotatable bonds is 5. The van der Waals surface area contributed by atoms with Gasteiger partial charge in [-0.25, -0.2) is 0 Å². The molecule has 1 saturated carbocycles. The van der Waals surface area contributed by atoms with Crippen LogP contribution in [0.3, 0.4) is 0 Å². The lowest BCUT2D eigenvalue weighted by Crippen LogP contribution is -2.62. The average molecular weight is 413 g/mol. The molecule has 2 aromatic rings. The van der Waals surface area contributed by atoms with Gasteiger partial charge in [-0.15, -0.1) is 0 Å². The van der Waals surface area contributed by atoms with Gasteiger partial charge in [0, 0.05) is 4.92 Å². The fourth-order valence-electron chi connectivity index (χ4n) is 4.64. The Bertz CT molecular complexity index is 900. The van der Waals surface area contributed by atoms with Crippen molar-refractivity contribution in [2.45, 2.75) is 30.4 Å². The molecule has 0 aliphatic heterocycles. The molecule has 1 aliphatic rings. The molecule has 0 bridgehead atoms. The molecular weight excluding hydrogens is 390 g/mol. The van der Waals surface area contributed by atoms with Gasteiger partial charge in [0.2, 0.25) is 11.5 Å². The molecule has 0 spiro atoms. The van der Waals surface area contributed by atoms with Crippen molar-refractivity contribution in [3.05, 3.63) is 81.9 Å². The van der Waals surface area contributed by atoms with E-state index >= 15 is 0 Å². The number of nitro groups is 1. The quantitative estimate of drug-likeness (QED) is 0.346. The summed E-state index contributed by atoms with van der Waals surface area (Å²) in [6.07, 6.45) is -1.73. The number of ether oxygens (including phenoxy) is 2. The maximum atomic E-state index is 13.0. The molecule has 158 valence electrons. The smallest absolute Gasteiger partial charge is 0.326 e. The SMILES string of the molecule is COC(=O)C1(C(=O)OC)[C@@H](O)C[C@@H](c2ccccc2)[C@H]([N+](=O)[O-])[C@@H]1c1ccccc1. The molecule has 3 rings (SSSR count). The molecule has 8 heteroatoms. The molecular formula is C22H23NO7. The number of nitrogens with zero attached hydrogens (tertiary/aromatic N) is 1. The molecule has 1 aliphatic carbocycles. The van der Waals surface area contributed by atoms with E-state index in [0.29, 0.717) is 11.1 Å². The standard InChI is InChI=1S/C22H23NO7/c1-29-20(25)22(21(26)30-2)17(24)13-16(14-9-5-3-6-10-14)19(23(27)28)18(22)15-11-7-4-8-12-15/h3-12,16-19,24H,13H2,1-2H3/t16-,17-,18-,19-/m0/s1. The van der Waals surface area contributed by atoms with Gasteiger partial charge in [0.05, 0.1) is 32.2 Å². The molecule has 1 N–H and O–H groups in total. The summed E-state index contributed by atoms with van der Waals surface area (Å²) >= 11 is 0. The number of methoxy groups -OCH3 is 2. The van der Waals surface area contributed by atoms with Crippen molar-refractivity contribution in [2.75, 3.05) is 14.2 Å². The third-order valence-corrected chi connectivity index (χ3v) is 5.92. The molecule has 1 fully saturated rings. The van der Waals surface area contributed by atoms with E-state index < -0.39 is 46.3 Å². The van der Waals surface area contributed by atoms with E-state index in [1.807, 2.05) is 0 Å². The zero-order valence-corrected chi connectivity index (χ0v) is 16.6. The van der Waals surface area contributed by atoms with Crippen molar-refractivity contribution in [1.29, 1.82) is 0 Å². The first kappa shape index (κ1) is 21.4. The van der Waals surface area contributed by atoms with Crippen molar-refractivity contribution in [3.8, 4) is 0 Å². The third kappa shape index (κ3) is 3.33. The van der Waals surface area contributed by atoms with Crippen LogP contribution in [0.25, 0.3) is 0 Å². The molecule has 0 radical (unpaired) electrons. The monoisotopic (exact) mass is 413 g/mol. The third-order valence-electron chi connectivity index (χ3n) is 5.92. The Balaban J connectivity index is 2.32. The lowest BCUT2D eigenvalue weighted by molar-refractivity contribution is -0.538. The van der Waals surface area contributed by atoms with E-state index in [4.69, 9.17) is 9.47 Å². The predicted octanol–water partition coefficient (Wildman–Crippen LogP) is 2.30. The number of benzene rings is 2. The van der Waals surface area contributed by atoms with Crippen LogP contribution >= 0.6 is 0 Å². The summed E-state index contributed by atoms with van der Waals surface area (Å²) in [7, 11) is 2.15. The van der Waals surface area contributed by atoms with E-state index in [-0.39, 0.29) is 6.42 Å². The second-order valence-electron chi connectivity index (χ2n) is 7.29. The van der Waals surface area contributed by atoms with Crippen LogP contribution in [0.5, 0.6) is 0 Å². The number of hydrogen-bond acceptors (Lipinski definition) is 7. The van der Waals surface area contributed by atoms with E-state index in [1.165, 1.54) is 0 Å². The van der Waals surface area contributed by atoms with Crippen molar-refractivity contribution < 1.29 is 29.1 Å². The normalized spacial score (nSPS) is 25.2. The van der Waals surface area contributed by atoms with E-state index in [1.54, 1.807) is 60.7 Å². The summed E-state index contributed by atoms with van der Waals surface area (Å²) < 4.78 is 9.77. The topological polar surface area (TPSA) is 116 Å². The summed E-state index contributed by atoms with van der Waals surface area (Å²) in [5.41, 5.74) is -1.26. The Morgan fingerprint density at radius 1 is 0.967 bits per heavy atom. The van der Waals surface area contributed by atoms with Crippen LogP contribution in [0.1, 0.15) is 29.4 Å². The number of aliphatic hydroxyl groups is 1. The number of carbonyl (C=O) groups is 2. The summed E-state index contributed by atoms with van der Waals surface area (Å²) in [6.45, 7) is 0.